The number of fused-ring (bicyclic) bond motifs is 1. The summed E-state index contributed by atoms with van der Waals surface area (Å²) in [5.74, 6) is 0.243. The molecule has 0 spiro atoms. The number of rotatable bonds is 5. The van der Waals surface area contributed by atoms with Crippen molar-refractivity contribution in [3.63, 3.8) is 0 Å². The fourth-order valence-electron chi connectivity index (χ4n) is 2.79. The molecule has 1 heterocycles. The fraction of sp³-hybridized carbons (Fsp3) is 0.200. The lowest BCUT2D eigenvalue weighted by atomic mass is 9.93. The molecule has 2 aromatic rings. The lowest BCUT2D eigenvalue weighted by Gasteiger charge is -2.27. The molecule has 140 valence electrons. The molecule has 0 amide bonds. The summed E-state index contributed by atoms with van der Waals surface area (Å²) in [6.45, 7) is 0. The topological polar surface area (TPSA) is 151 Å². The maximum Gasteiger partial charge on any atom is 0.380 e. The van der Waals surface area contributed by atoms with Crippen molar-refractivity contribution in [3.05, 3.63) is 53.6 Å². The van der Waals surface area contributed by atoms with E-state index >= 15 is 0 Å². The molecule has 0 radical (unpaired) electrons. The van der Waals surface area contributed by atoms with Crippen LogP contribution >= 0.6 is 0 Å². The highest BCUT2D eigenvalue weighted by Gasteiger charge is 2.20. The third-order valence-corrected chi connectivity index (χ3v) is 4.67. The smallest absolute Gasteiger partial charge is 0.378 e. The monoisotopic (exact) mass is 399 g/mol. The van der Waals surface area contributed by atoms with Crippen LogP contribution in [0.3, 0.4) is 0 Å². The van der Waals surface area contributed by atoms with E-state index in [0.717, 1.165) is 29.7 Å². The predicted molar refractivity (Wildman–Crippen MR) is 95.0 cm³/mol. The van der Waals surface area contributed by atoms with Crippen LogP contribution in [0.15, 0.2) is 42.5 Å². The Balaban J connectivity index is 1.78. The largest absolute Gasteiger partial charge is 0.380 e. The first kappa shape index (κ1) is 18.5. The van der Waals surface area contributed by atoms with Gasteiger partial charge in [0.15, 0.2) is 0 Å². The van der Waals surface area contributed by atoms with E-state index in [2.05, 4.69) is 9.50 Å². The number of benzene rings is 2. The standard InChI is InChI=1S/C15H17N3O6S2/c16-25(19,20)23-12-5-1-10(2-6-12)14-8-4-11-3-7-13(9-15(11)18-14)24-26(17,21)22/h1-3,5-7,9,14,18H,4,8H2,(H2,16,19,20)(H2,17,21,22). The number of anilines is 1. The van der Waals surface area contributed by atoms with E-state index in [4.69, 9.17) is 14.5 Å². The Hall–Kier alpha value is -2.34. The molecule has 5 N–H and O–H groups in total. The first-order chi connectivity index (χ1) is 12.1. The molecule has 1 unspecified atom stereocenters. The highest BCUT2D eigenvalue weighted by Crippen LogP contribution is 2.35. The number of hydrogen-bond donors (Lipinski definition) is 3. The van der Waals surface area contributed by atoms with Crippen LogP contribution < -0.4 is 24.0 Å². The molecule has 0 aromatic heterocycles. The van der Waals surface area contributed by atoms with E-state index < -0.39 is 20.6 Å². The van der Waals surface area contributed by atoms with Crippen LogP contribution in [-0.2, 0) is 27.0 Å². The van der Waals surface area contributed by atoms with Gasteiger partial charge >= 0.3 is 20.6 Å². The van der Waals surface area contributed by atoms with Crippen LogP contribution in [0.2, 0.25) is 0 Å². The second-order valence-corrected chi connectivity index (χ2v) is 8.08. The Labute approximate surface area is 151 Å². The molecule has 2 aromatic carbocycles. The van der Waals surface area contributed by atoms with Gasteiger partial charge in [0.2, 0.25) is 0 Å². The average Bonchev–Trinajstić information content (AvgIpc) is 2.52. The van der Waals surface area contributed by atoms with Gasteiger partial charge in [-0.3, -0.25) is 0 Å². The van der Waals surface area contributed by atoms with Gasteiger partial charge in [-0.25, -0.2) is 0 Å². The van der Waals surface area contributed by atoms with Crippen LogP contribution in [0.25, 0.3) is 0 Å². The molecule has 1 aliphatic rings. The van der Waals surface area contributed by atoms with E-state index in [0.29, 0.717) is 0 Å². The SMILES string of the molecule is NS(=O)(=O)Oc1ccc(C2CCc3ccc(OS(N)(=O)=O)cc3N2)cc1. The van der Waals surface area contributed by atoms with Gasteiger partial charge in [0.1, 0.15) is 11.5 Å². The molecule has 0 saturated carbocycles. The van der Waals surface area contributed by atoms with Gasteiger partial charge in [-0.05, 0) is 42.2 Å². The summed E-state index contributed by atoms with van der Waals surface area (Å²) in [7, 11) is -8.15. The van der Waals surface area contributed by atoms with Crippen LogP contribution in [0.5, 0.6) is 11.5 Å². The lowest BCUT2D eigenvalue weighted by molar-refractivity contribution is 0.486. The fourth-order valence-corrected chi connectivity index (χ4v) is 3.54. The highest BCUT2D eigenvalue weighted by atomic mass is 32.2. The van der Waals surface area contributed by atoms with Crippen molar-refractivity contribution in [2.45, 2.75) is 18.9 Å². The summed E-state index contributed by atoms with van der Waals surface area (Å²) in [4.78, 5) is 0. The number of hydrogen-bond acceptors (Lipinski definition) is 7. The molecule has 11 heteroatoms. The van der Waals surface area contributed by atoms with E-state index in [1.807, 2.05) is 0 Å². The van der Waals surface area contributed by atoms with Gasteiger partial charge in [0.05, 0.1) is 6.04 Å². The van der Waals surface area contributed by atoms with E-state index in [9.17, 15) is 16.8 Å². The zero-order valence-electron chi connectivity index (χ0n) is 13.5. The van der Waals surface area contributed by atoms with Gasteiger partial charge in [-0.2, -0.15) is 27.1 Å². The quantitative estimate of drug-likeness (QED) is 0.677. The van der Waals surface area contributed by atoms with Crippen molar-refractivity contribution in [1.29, 1.82) is 0 Å². The zero-order valence-corrected chi connectivity index (χ0v) is 15.1. The maximum atomic E-state index is 11.1. The van der Waals surface area contributed by atoms with Crippen molar-refractivity contribution in [2.24, 2.45) is 10.3 Å². The summed E-state index contributed by atoms with van der Waals surface area (Å²) in [5.41, 5.74) is 2.68. The molecule has 26 heavy (non-hydrogen) atoms. The number of aryl methyl sites for hydroxylation is 1. The minimum atomic E-state index is -4.09. The minimum Gasteiger partial charge on any atom is -0.378 e. The van der Waals surface area contributed by atoms with Crippen LogP contribution in [0.1, 0.15) is 23.6 Å². The Morgan fingerprint density at radius 1 is 0.885 bits per heavy atom. The molecule has 9 nitrogen and oxygen atoms in total. The van der Waals surface area contributed by atoms with Gasteiger partial charge in [-0.15, -0.1) is 0 Å². The van der Waals surface area contributed by atoms with Crippen molar-refractivity contribution in [1.82, 2.24) is 0 Å². The number of nitrogens with two attached hydrogens (primary N) is 2. The summed E-state index contributed by atoms with van der Waals surface area (Å²) < 4.78 is 53.3. The van der Waals surface area contributed by atoms with E-state index in [1.165, 1.54) is 12.1 Å². The first-order valence-electron chi connectivity index (χ1n) is 7.53. The lowest BCUT2D eigenvalue weighted by Crippen LogP contribution is -2.21. The Bertz CT molecular complexity index is 1020. The van der Waals surface area contributed by atoms with Crippen molar-refractivity contribution in [2.75, 3.05) is 5.32 Å². The Morgan fingerprint density at radius 2 is 1.46 bits per heavy atom. The molecular formula is C15H17N3O6S2. The summed E-state index contributed by atoms with van der Waals surface area (Å²) in [5, 5.41) is 13.0. The molecule has 1 aliphatic heterocycles. The molecule has 0 fully saturated rings. The first-order valence-corrected chi connectivity index (χ1v) is 10.5. The van der Waals surface area contributed by atoms with Gasteiger partial charge in [0.25, 0.3) is 0 Å². The zero-order chi connectivity index (χ0) is 18.9. The minimum absolute atomic E-state index is 0.0456. The second kappa shape index (κ2) is 6.76. The van der Waals surface area contributed by atoms with Crippen molar-refractivity contribution < 1.29 is 25.2 Å². The van der Waals surface area contributed by atoms with Crippen molar-refractivity contribution in [3.8, 4) is 11.5 Å². The predicted octanol–water partition coefficient (Wildman–Crippen LogP) is 0.951. The van der Waals surface area contributed by atoms with Gasteiger partial charge in [0, 0.05) is 11.8 Å². The summed E-state index contributed by atoms with van der Waals surface area (Å²) in [6, 6.07) is 11.3. The molecule has 0 aliphatic carbocycles. The molecule has 0 bridgehead atoms. The van der Waals surface area contributed by atoms with Crippen LogP contribution in [0, 0.1) is 0 Å². The van der Waals surface area contributed by atoms with Gasteiger partial charge in [-0.1, -0.05) is 18.2 Å². The number of nitrogens with one attached hydrogen (secondary N) is 1. The Kier molecular flexibility index (Phi) is 4.80. The molecule has 0 saturated heterocycles. The maximum absolute atomic E-state index is 11.1. The summed E-state index contributed by atoms with van der Waals surface area (Å²) in [6.07, 6.45) is 1.58. The third-order valence-electron chi connectivity index (χ3n) is 3.82. The van der Waals surface area contributed by atoms with Crippen LogP contribution in [-0.4, -0.2) is 16.8 Å². The third kappa shape index (κ3) is 4.85. The van der Waals surface area contributed by atoms with Crippen LogP contribution in [0.4, 0.5) is 5.69 Å². The average molecular weight is 399 g/mol. The van der Waals surface area contributed by atoms with E-state index in [1.54, 1.807) is 30.3 Å². The second-order valence-electron chi connectivity index (χ2n) is 5.78. The molecule has 3 rings (SSSR count). The van der Waals surface area contributed by atoms with Gasteiger partial charge < -0.3 is 13.7 Å². The summed E-state index contributed by atoms with van der Waals surface area (Å²) >= 11 is 0. The molecular weight excluding hydrogens is 382 g/mol. The highest BCUT2D eigenvalue weighted by molar-refractivity contribution is 7.85. The molecule has 1 atom stereocenters. The normalized spacial score (nSPS) is 17.1. The van der Waals surface area contributed by atoms with E-state index in [-0.39, 0.29) is 17.5 Å². The van der Waals surface area contributed by atoms with Crippen molar-refractivity contribution >= 4 is 26.3 Å². The Morgan fingerprint density at radius 3 is 2.08 bits per heavy atom.